The van der Waals surface area contributed by atoms with Gasteiger partial charge in [-0.15, -0.1) is 0 Å². The molecule has 0 aliphatic carbocycles. The van der Waals surface area contributed by atoms with Gasteiger partial charge in [-0.1, -0.05) is 6.42 Å². The molecule has 0 saturated carbocycles. The molecule has 13 heteroatoms. The molecule has 2 heterocycles. The second-order valence-corrected chi connectivity index (χ2v) is 8.58. The molecule has 2 aliphatic rings. The van der Waals surface area contributed by atoms with Crippen LogP contribution >= 0.6 is 0 Å². The van der Waals surface area contributed by atoms with E-state index in [-0.39, 0.29) is 39.5 Å². The van der Waals surface area contributed by atoms with E-state index in [0.717, 1.165) is 0 Å². The van der Waals surface area contributed by atoms with Crippen molar-refractivity contribution in [1.29, 1.82) is 0 Å². The maximum atomic E-state index is 13.0. The first kappa shape index (κ1) is 26.5. The van der Waals surface area contributed by atoms with Gasteiger partial charge in [0.05, 0.1) is 0 Å². The van der Waals surface area contributed by atoms with Crippen molar-refractivity contribution in [3.8, 4) is 23.0 Å². The van der Waals surface area contributed by atoms with Gasteiger partial charge < -0.3 is 34.5 Å². The third-order valence-corrected chi connectivity index (χ3v) is 5.75. The number of fused-ring (bicyclic) bond motifs is 2. The molecule has 0 fully saturated rings. The lowest BCUT2D eigenvalue weighted by atomic mass is 10.1. The Bertz CT molecular complexity index is 1130. The van der Waals surface area contributed by atoms with E-state index in [1.165, 1.54) is 4.90 Å². The number of hydrogen-bond acceptors (Lipinski definition) is 9. The van der Waals surface area contributed by atoms with Gasteiger partial charge in [0.2, 0.25) is 37.2 Å². The zero-order valence-corrected chi connectivity index (χ0v) is 20.5. The number of amides is 4. The Morgan fingerprint density at radius 2 is 1.18 bits per heavy atom. The molecule has 0 saturated heterocycles. The number of benzene rings is 2. The van der Waals surface area contributed by atoms with E-state index in [4.69, 9.17) is 24.2 Å². The lowest BCUT2D eigenvalue weighted by Gasteiger charge is -2.22. The van der Waals surface area contributed by atoms with Gasteiger partial charge in [0.1, 0.15) is 13.1 Å². The normalized spacial score (nSPS) is 12.6. The van der Waals surface area contributed by atoms with Crippen molar-refractivity contribution in [2.45, 2.75) is 32.1 Å². The standard InChI is InChI=1S/C25H28N4O9/c30-22(28-34)4-2-1-3-5-25(33)29(12-23(31)26-16-6-8-18-20(10-16)37-14-35-18)13-24(32)27-17-7-9-19-21(11-17)38-15-36-19/h6-11,34H,1-5,12-15H2,(H,26,31)(H,27,32)(H,28,30). The number of unbranched alkanes of at least 4 members (excludes halogenated alkanes) is 2. The Kier molecular flexibility index (Phi) is 8.82. The highest BCUT2D eigenvalue weighted by atomic mass is 16.7. The molecule has 0 bridgehead atoms. The molecule has 2 aliphatic heterocycles. The van der Waals surface area contributed by atoms with E-state index in [1.54, 1.807) is 41.9 Å². The molecule has 4 rings (SSSR count). The summed E-state index contributed by atoms with van der Waals surface area (Å²) in [6.45, 7) is -0.514. The molecule has 13 nitrogen and oxygen atoms in total. The summed E-state index contributed by atoms with van der Waals surface area (Å²) >= 11 is 0. The van der Waals surface area contributed by atoms with E-state index < -0.39 is 23.6 Å². The number of carbonyl (C=O) groups excluding carboxylic acids is 4. The number of ether oxygens (including phenoxy) is 4. The zero-order valence-electron chi connectivity index (χ0n) is 20.5. The third-order valence-electron chi connectivity index (χ3n) is 5.75. The molecule has 0 radical (unpaired) electrons. The van der Waals surface area contributed by atoms with Gasteiger partial charge in [0.25, 0.3) is 0 Å². The van der Waals surface area contributed by atoms with Gasteiger partial charge in [-0.3, -0.25) is 24.4 Å². The number of anilines is 2. The van der Waals surface area contributed by atoms with Crippen LogP contribution < -0.4 is 35.1 Å². The van der Waals surface area contributed by atoms with Crippen molar-refractivity contribution >= 4 is 35.0 Å². The number of nitrogens with zero attached hydrogens (tertiary/aromatic N) is 1. The average Bonchev–Trinajstić information content (AvgIpc) is 3.56. The van der Waals surface area contributed by atoms with Crippen molar-refractivity contribution in [1.82, 2.24) is 10.4 Å². The van der Waals surface area contributed by atoms with Crippen LogP contribution in [-0.2, 0) is 19.2 Å². The van der Waals surface area contributed by atoms with E-state index >= 15 is 0 Å². The van der Waals surface area contributed by atoms with Crippen molar-refractivity contribution in [3.63, 3.8) is 0 Å². The Morgan fingerprint density at radius 3 is 1.71 bits per heavy atom. The minimum atomic E-state index is -0.502. The average molecular weight is 529 g/mol. The van der Waals surface area contributed by atoms with Crippen molar-refractivity contribution in [3.05, 3.63) is 36.4 Å². The predicted octanol–water partition coefficient (Wildman–Crippen LogP) is 2.01. The number of carbonyl (C=O) groups is 4. The maximum Gasteiger partial charge on any atom is 0.244 e. The molecule has 0 spiro atoms. The van der Waals surface area contributed by atoms with Crippen LogP contribution in [-0.4, -0.2) is 60.4 Å². The largest absolute Gasteiger partial charge is 0.454 e. The molecular formula is C25H28N4O9. The van der Waals surface area contributed by atoms with Crippen molar-refractivity contribution in [2.24, 2.45) is 0 Å². The minimum absolute atomic E-state index is 0.0787. The molecule has 202 valence electrons. The Hall–Kier alpha value is -4.52. The van der Waals surface area contributed by atoms with E-state index in [1.807, 2.05) is 0 Å². The van der Waals surface area contributed by atoms with E-state index in [2.05, 4.69) is 10.6 Å². The molecule has 0 atom stereocenters. The van der Waals surface area contributed by atoms with Crippen LogP contribution in [0.25, 0.3) is 0 Å². The number of hydroxylamine groups is 1. The Balaban J connectivity index is 1.35. The lowest BCUT2D eigenvalue weighted by Crippen LogP contribution is -2.42. The van der Waals surface area contributed by atoms with Crippen LogP contribution in [0.4, 0.5) is 11.4 Å². The van der Waals surface area contributed by atoms with Crippen molar-refractivity contribution in [2.75, 3.05) is 37.3 Å². The molecule has 4 N–H and O–H groups in total. The van der Waals surface area contributed by atoms with Gasteiger partial charge >= 0.3 is 0 Å². The monoisotopic (exact) mass is 528 g/mol. The van der Waals surface area contributed by atoms with Crippen LogP contribution in [0.3, 0.4) is 0 Å². The number of rotatable bonds is 12. The summed E-state index contributed by atoms with van der Waals surface area (Å²) in [5.74, 6) is 0.243. The first-order chi connectivity index (χ1) is 18.4. The molecule has 4 amide bonds. The highest BCUT2D eigenvalue weighted by Crippen LogP contribution is 2.35. The maximum absolute atomic E-state index is 13.0. The van der Waals surface area contributed by atoms with E-state index in [9.17, 15) is 19.2 Å². The predicted molar refractivity (Wildman–Crippen MR) is 132 cm³/mol. The SMILES string of the molecule is O=C(CCCCCC(=O)N(CC(=O)Nc1ccc2c(c1)OCO2)CC(=O)Nc1ccc2c(c1)OCO2)NO. The Labute approximate surface area is 217 Å². The van der Waals surface area contributed by atoms with Gasteiger partial charge in [-0.05, 0) is 37.1 Å². The highest BCUT2D eigenvalue weighted by Gasteiger charge is 2.22. The smallest absolute Gasteiger partial charge is 0.244 e. The molecule has 2 aromatic rings. The van der Waals surface area contributed by atoms with Crippen LogP contribution in [0, 0.1) is 0 Å². The summed E-state index contributed by atoms with van der Waals surface area (Å²) in [4.78, 5) is 50.8. The highest BCUT2D eigenvalue weighted by molar-refractivity contribution is 5.98. The summed E-state index contributed by atoms with van der Waals surface area (Å²) < 4.78 is 21.2. The fourth-order valence-corrected chi connectivity index (χ4v) is 3.88. The summed E-state index contributed by atoms with van der Waals surface area (Å²) in [7, 11) is 0. The molecule has 2 aromatic carbocycles. The second kappa shape index (κ2) is 12.6. The zero-order chi connectivity index (χ0) is 26.9. The topological polar surface area (TPSA) is 165 Å². The summed E-state index contributed by atoms with van der Waals surface area (Å²) in [6, 6.07) is 9.84. The molecule has 0 aromatic heterocycles. The first-order valence-electron chi connectivity index (χ1n) is 12.0. The second-order valence-electron chi connectivity index (χ2n) is 8.58. The fraction of sp³-hybridized carbons (Fsp3) is 0.360. The fourth-order valence-electron chi connectivity index (χ4n) is 3.88. The molecule has 0 unspecified atom stereocenters. The quantitative estimate of drug-likeness (QED) is 0.183. The van der Waals surface area contributed by atoms with Crippen LogP contribution in [0.2, 0.25) is 0 Å². The summed E-state index contributed by atoms with van der Waals surface area (Å²) in [6.07, 6.45) is 1.69. The molecule has 38 heavy (non-hydrogen) atoms. The van der Waals surface area contributed by atoms with E-state index in [0.29, 0.717) is 53.6 Å². The minimum Gasteiger partial charge on any atom is -0.454 e. The lowest BCUT2D eigenvalue weighted by molar-refractivity contribution is -0.137. The summed E-state index contributed by atoms with van der Waals surface area (Å²) in [5.41, 5.74) is 2.47. The summed E-state index contributed by atoms with van der Waals surface area (Å²) in [5, 5.41) is 14.0. The van der Waals surface area contributed by atoms with Gasteiger partial charge in [0.15, 0.2) is 23.0 Å². The van der Waals surface area contributed by atoms with Gasteiger partial charge in [-0.2, -0.15) is 0 Å². The van der Waals surface area contributed by atoms with Crippen LogP contribution in [0.1, 0.15) is 32.1 Å². The molecular weight excluding hydrogens is 500 g/mol. The van der Waals surface area contributed by atoms with Crippen molar-refractivity contribution < 1.29 is 43.3 Å². The first-order valence-corrected chi connectivity index (χ1v) is 12.0. The van der Waals surface area contributed by atoms with Gasteiger partial charge in [0, 0.05) is 36.3 Å². The third kappa shape index (κ3) is 7.26. The number of hydrogen-bond donors (Lipinski definition) is 4. The number of nitrogens with one attached hydrogen (secondary N) is 3. The van der Waals surface area contributed by atoms with Gasteiger partial charge in [-0.25, -0.2) is 5.48 Å². The Morgan fingerprint density at radius 1 is 0.684 bits per heavy atom. The van der Waals surface area contributed by atoms with Crippen LogP contribution in [0.5, 0.6) is 23.0 Å². The van der Waals surface area contributed by atoms with Crippen LogP contribution in [0.15, 0.2) is 36.4 Å².